The Labute approximate surface area is 135 Å². The van der Waals surface area contributed by atoms with Crippen molar-refractivity contribution in [3.63, 3.8) is 0 Å². The molecule has 2 aromatic carbocycles. The summed E-state index contributed by atoms with van der Waals surface area (Å²) in [5.41, 5.74) is 3.61. The zero-order valence-electron chi connectivity index (χ0n) is 11.8. The van der Waals surface area contributed by atoms with E-state index in [4.69, 9.17) is 0 Å². The first-order valence-corrected chi connectivity index (χ1v) is 7.50. The van der Waals surface area contributed by atoms with Crippen LogP contribution in [0.4, 0.5) is 5.69 Å². The van der Waals surface area contributed by atoms with Crippen LogP contribution in [0.15, 0.2) is 53.1 Å². The molecule has 0 saturated carbocycles. The number of carboxylic acids is 1. The normalized spacial score (nSPS) is 10.6. The molecule has 2 N–H and O–H groups in total. The van der Waals surface area contributed by atoms with Gasteiger partial charge in [-0.1, -0.05) is 28.1 Å². The number of pyridine rings is 1. The number of anilines is 1. The van der Waals surface area contributed by atoms with Gasteiger partial charge < -0.3 is 10.4 Å². The number of aromatic carboxylic acids is 1. The molecule has 0 aliphatic heterocycles. The van der Waals surface area contributed by atoms with E-state index in [1.807, 2.05) is 43.4 Å². The monoisotopic (exact) mass is 356 g/mol. The van der Waals surface area contributed by atoms with Gasteiger partial charge in [-0.3, -0.25) is 4.98 Å². The highest BCUT2D eigenvalue weighted by molar-refractivity contribution is 9.10. The Hall–Kier alpha value is -2.40. The Morgan fingerprint density at radius 3 is 2.73 bits per heavy atom. The summed E-state index contributed by atoms with van der Waals surface area (Å²) in [6, 6.07) is 13.1. The van der Waals surface area contributed by atoms with E-state index in [0.29, 0.717) is 5.52 Å². The van der Waals surface area contributed by atoms with Crippen LogP contribution in [0.1, 0.15) is 10.4 Å². The van der Waals surface area contributed by atoms with Crippen molar-refractivity contribution in [1.82, 2.24) is 4.98 Å². The van der Waals surface area contributed by atoms with E-state index in [1.165, 1.54) is 0 Å². The highest BCUT2D eigenvalue weighted by Crippen LogP contribution is 2.36. The number of aromatic nitrogens is 1. The fraction of sp³-hybridized carbons (Fsp3) is 0.0588. The standard InChI is InChI=1S/C17H13BrN2O2/c1-19-15-7-4-10(18)9-14(15)11-5-6-13(17(21)22)16-12(11)3-2-8-20-16/h2-9,19H,1H3,(H,21,22). The summed E-state index contributed by atoms with van der Waals surface area (Å²) in [6.45, 7) is 0. The zero-order chi connectivity index (χ0) is 15.7. The SMILES string of the molecule is CNc1ccc(Br)cc1-c1ccc(C(=O)O)c2ncccc12. The molecule has 1 heterocycles. The zero-order valence-corrected chi connectivity index (χ0v) is 13.4. The maximum atomic E-state index is 11.4. The summed E-state index contributed by atoms with van der Waals surface area (Å²) < 4.78 is 0.959. The first-order valence-electron chi connectivity index (χ1n) is 6.70. The number of benzene rings is 2. The number of carboxylic acid groups (broad SMARTS) is 1. The van der Waals surface area contributed by atoms with Crippen molar-refractivity contribution < 1.29 is 9.90 Å². The van der Waals surface area contributed by atoms with Crippen molar-refractivity contribution >= 4 is 38.5 Å². The van der Waals surface area contributed by atoms with Crippen LogP contribution in [-0.2, 0) is 0 Å². The molecule has 3 rings (SSSR count). The molecule has 0 bridgehead atoms. The highest BCUT2D eigenvalue weighted by atomic mass is 79.9. The molecule has 0 aliphatic rings. The van der Waals surface area contributed by atoms with Gasteiger partial charge in [-0.25, -0.2) is 4.79 Å². The van der Waals surface area contributed by atoms with E-state index in [1.54, 1.807) is 12.3 Å². The Balaban J connectivity index is 2.36. The molecule has 0 radical (unpaired) electrons. The minimum absolute atomic E-state index is 0.209. The second kappa shape index (κ2) is 5.77. The lowest BCUT2D eigenvalue weighted by atomic mass is 9.96. The Morgan fingerprint density at radius 2 is 2.00 bits per heavy atom. The second-order valence-corrected chi connectivity index (χ2v) is 5.72. The van der Waals surface area contributed by atoms with E-state index in [9.17, 15) is 9.90 Å². The van der Waals surface area contributed by atoms with Gasteiger partial charge in [0.15, 0.2) is 0 Å². The average molecular weight is 357 g/mol. The molecule has 1 aromatic heterocycles. The second-order valence-electron chi connectivity index (χ2n) is 4.81. The number of nitrogens with zero attached hydrogens (tertiary/aromatic N) is 1. The van der Waals surface area contributed by atoms with E-state index in [2.05, 4.69) is 26.2 Å². The van der Waals surface area contributed by atoms with Gasteiger partial charge in [0, 0.05) is 34.4 Å². The van der Waals surface area contributed by atoms with Crippen molar-refractivity contribution in [2.45, 2.75) is 0 Å². The molecule has 4 nitrogen and oxygen atoms in total. The van der Waals surface area contributed by atoms with Crippen LogP contribution < -0.4 is 5.32 Å². The number of hydrogen-bond donors (Lipinski definition) is 2. The van der Waals surface area contributed by atoms with Gasteiger partial charge in [0.25, 0.3) is 0 Å². The van der Waals surface area contributed by atoms with Gasteiger partial charge >= 0.3 is 5.97 Å². The third-order valence-electron chi connectivity index (χ3n) is 3.54. The number of rotatable bonds is 3. The first-order chi connectivity index (χ1) is 10.6. The van der Waals surface area contributed by atoms with Crippen LogP contribution in [0.5, 0.6) is 0 Å². The molecule has 22 heavy (non-hydrogen) atoms. The molecule has 110 valence electrons. The van der Waals surface area contributed by atoms with Crippen LogP contribution >= 0.6 is 15.9 Å². The van der Waals surface area contributed by atoms with Gasteiger partial charge in [-0.15, -0.1) is 0 Å². The molecule has 5 heteroatoms. The fourth-order valence-corrected chi connectivity index (χ4v) is 2.90. The average Bonchev–Trinajstić information content (AvgIpc) is 2.53. The van der Waals surface area contributed by atoms with Crippen molar-refractivity contribution in [3.8, 4) is 11.1 Å². The molecule has 3 aromatic rings. The Bertz CT molecular complexity index is 878. The predicted molar refractivity (Wildman–Crippen MR) is 91.4 cm³/mol. The van der Waals surface area contributed by atoms with Crippen LogP contribution in [0.25, 0.3) is 22.0 Å². The highest BCUT2D eigenvalue weighted by Gasteiger charge is 2.15. The number of nitrogens with one attached hydrogen (secondary N) is 1. The summed E-state index contributed by atoms with van der Waals surface area (Å²) in [6.07, 6.45) is 1.61. The molecule has 0 fully saturated rings. The van der Waals surface area contributed by atoms with Gasteiger partial charge in [-0.05, 0) is 35.9 Å². The third kappa shape index (κ3) is 2.44. The van der Waals surface area contributed by atoms with Gasteiger partial charge in [-0.2, -0.15) is 0 Å². The van der Waals surface area contributed by atoms with Crippen LogP contribution in [0.3, 0.4) is 0 Å². The number of halogens is 1. The molecular formula is C17H13BrN2O2. The molecule has 0 spiro atoms. The minimum Gasteiger partial charge on any atom is -0.478 e. The maximum absolute atomic E-state index is 11.4. The number of fused-ring (bicyclic) bond motifs is 1. The molecule has 0 saturated heterocycles. The summed E-state index contributed by atoms with van der Waals surface area (Å²) >= 11 is 3.49. The topological polar surface area (TPSA) is 62.2 Å². The maximum Gasteiger partial charge on any atom is 0.337 e. The molecule has 0 amide bonds. The van der Waals surface area contributed by atoms with Crippen molar-refractivity contribution in [2.24, 2.45) is 0 Å². The lowest BCUT2D eigenvalue weighted by molar-refractivity contribution is 0.0699. The van der Waals surface area contributed by atoms with E-state index >= 15 is 0 Å². The number of hydrogen-bond acceptors (Lipinski definition) is 3. The third-order valence-corrected chi connectivity index (χ3v) is 4.03. The molecule has 0 unspecified atom stereocenters. The molecule has 0 atom stereocenters. The summed E-state index contributed by atoms with van der Waals surface area (Å²) in [5, 5.41) is 13.3. The van der Waals surface area contributed by atoms with Crippen LogP contribution in [0, 0.1) is 0 Å². The van der Waals surface area contributed by atoms with Crippen molar-refractivity contribution in [2.75, 3.05) is 12.4 Å². The molecular weight excluding hydrogens is 344 g/mol. The molecule has 0 aliphatic carbocycles. The van der Waals surface area contributed by atoms with Gasteiger partial charge in [0.05, 0.1) is 11.1 Å². The number of carbonyl (C=O) groups is 1. The lowest BCUT2D eigenvalue weighted by Gasteiger charge is -2.13. The predicted octanol–water partition coefficient (Wildman–Crippen LogP) is 4.40. The van der Waals surface area contributed by atoms with Crippen LogP contribution in [-0.4, -0.2) is 23.1 Å². The van der Waals surface area contributed by atoms with E-state index in [-0.39, 0.29) is 5.56 Å². The van der Waals surface area contributed by atoms with Gasteiger partial charge in [0.2, 0.25) is 0 Å². The fourth-order valence-electron chi connectivity index (χ4n) is 2.54. The Kier molecular flexibility index (Phi) is 3.81. The van der Waals surface area contributed by atoms with Gasteiger partial charge in [0.1, 0.15) is 0 Å². The van der Waals surface area contributed by atoms with Crippen LogP contribution in [0.2, 0.25) is 0 Å². The summed E-state index contributed by atoms with van der Waals surface area (Å²) in [5.74, 6) is -0.974. The lowest BCUT2D eigenvalue weighted by Crippen LogP contribution is -2.00. The van der Waals surface area contributed by atoms with Crippen molar-refractivity contribution in [3.05, 3.63) is 58.7 Å². The van der Waals surface area contributed by atoms with E-state index < -0.39 is 5.97 Å². The summed E-state index contributed by atoms with van der Waals surface area (Å²) in [4.78, 5) is 15.6. The largest absolute Gasteiger partial charge is 0.478 e. The smallest absolute Gasteiger partial charge is 0.337 e. The van der Waals surface area contributed by atoms with Crippen molar-refractivity contribution in [1.29, 1.82) is 0 Å². The quantitative estimate of drug-likeness (QED) is 0.729. The minimum atomic E-state index is -0.974. The first kappa shape index (κ1) is 14.5. The van der Waals surface area contributed by atoms with E-state index in [0.717, 1.165) is 26.7 Å². The Morgan fingerprint density at radius 1 is 1.18 bits per heavy atom. The summed E-state index contributed by atoms with van der Waals surface area (Å²) in [7, 11) is 1.86.